The second-order valence-corrected chi connectivity index (χ2v) is 9.18. The second kappa shape index (κ2) is 5.84. The molecule has 1 saturated carbocycles. The predicted octanol–water partition coefficient (Wildman–Crippen LogP) is 7.75. The van der Waals surface area contributed by atoms with E-state index in [-0.39, 0.29) is 0 Å². The number of fused-ring (bicyclic) bond motifs is 6. The summed E-state index contributed by atoms with van der Waals surface area (Å²) in [6, 6.07) is 20.7. The molecular weight excluding hydrogens is 346 g/mol. The summed E-state index contributed by atoms with van der Waals surface area (Å²) in [5.74, 6) is 0.728. The van der Waals surface area contributed by atoms with Crippen LogP contribution in [0, 0.1) is 0 Å². The van der Waals surface area contributed by atoms with Gasteiger partial charge in [0, 0.05) is 49.0 Å². The molecule has 1 fully saturated rings. The van der Waals surface area contributed by atoms with Crippen LogP contribution in [-0.4, -0.2) is 4.57 Å². The number of aryl methyl sites for hydroxylation is 1. The Bertz CT molecular complexity index is 1310. The van der Waals surface area contributed by atoms with Gasteiger partial charge in [-0.2, -0.15) is 0 Å². The summed E-state index contributed by atoms with van der Waals surface area (Å²) in [4.78, 5) is 0. The molecule has 27 heavy (non-hydrogen) atoms. The van der Waals surface area contributed by atoms with Gasteiger partial charge in [-0.1, -0.05) is 49.6 Å². The van der Waals surface area contributed by atoms with Gasteiger partial charge in [0.05, 0.1) is 0 Å². The Balaban J connectivity index is 1.72. The Labute approximate surface area is 163 Å². The molecule has 0 unspecified atom stereocenters. The largest absolute Gasteiger partial charge is 0.344 e. The van der Waals surface area contributed by atoms with E-state index in [1.54, 1.807) is 5.56 Å². The molecule has 0 bridgehead atoms. The maximum absolute atomic E-state index is 2.46. The van der Waals surface area contributed by atoms with E-state index in [0.29, 0.717) is 0 Å². The topological polar surface area (TPSA) is 4.93 Å². The van der Waals surface area contributed by atoms with Gasteiger partial charge in [-0.3, -0.25) is 0 Å². The first kappa shape index (κ1) is 15.7. The Hall–Kier alpha value is -2.32. The third kappa shape index (κ3) is 2.23. The van der Waals surface area contributed by atoms with E-state index in [1.165, 1.54) is 74.1 Å². The highest BCUT2D eigenvalue weighted by atomic mass is 32.1. The molecular formula is C25H23NS. The van der Waals surface area contributed by atoms with E-state index in [1.807, 2.05) is 11.3 Å². The van der Waals surface area contributed by atoms with Crippen molar-refractivity contribution in [3.63, 3.8) is 0 Å². The third-order valence-corrected chi connectivity index (χ3v) is 7.74. The van der Waals surface area contributed by atoms with Gasteiger partial charge in [0.15, 0.2) is 0 Å². The maximum atomic E-state index is 2.46. The lowest BCUT2D eigenvalue weighted by atomic mass is 9.82. The summed E-state index contributed by atoms with van der Waals surface area (Å²) in [5.41, 5.74) is 4.33. The minimum Gasteiger partial charge on any atom is -0.344 e. The molecule has 1 aliphatic rings. The molecule has 0 spiro atoms. The monoisotopic (exact) mass is 369 g/mol. The molecule has 2 heteroatoms. The van der Waals surface area contributed by atoms with Crippen LogP contribution in [-0.2, 0) is 7.05 Å². The molecule has 1 aliphatic carbocycles. The van der Waals surface area contributed by atoms with Crippen molar-refractivity contribution in [2.24, 2.45) is 7.05 Å². The number of rotatable bonds is 1. The summed E-state index contributed by atoms with van der Waals surface area (Å²) >= 11 is 1.93. The van der Waals surface area contributed by atoms with Crippen LogP contribution in [0.4, 0.5) is 0 Å². The fourth-order valence-corrected chi connectivity index (χ4v) is 6.38. The van der Waals surface area contributed by atoms with Crippen molar-refractivity contribution in [1.29, 1.82) is 0 Å². The molecule has 2 aromatic heterocycles. The normalized spacial score (nSPS) is 16.2. The molecule has 2 heterocycles. The highest BCUT2D eigenvalue weighted by Crippen LogP contribution is 2.43. The lowest BCUT2D eigenvalue weighted by molar-refractivity contribution is 0.445. The van der Waals surface area contributed by atoms with Crippen molar-refractivity contribution < 1.29 is 0 Å². The minimum absolute atomic E-state index is 0.728. The highest BCUT2D eigenvalue weighted by molar-refractivity contribution is 7.25. The number of hydrogen-bond acceptors (Lipinski definition) is 1. The van der Waals surface area contributed by atoms with Gasteiger partial charge in [0.2, 0.25) is 0 Å². The average molecular weight is 370 g/mol. The van der Waals surface area contributed by atoms with Crippen molar-refractivity contribution >= 4 is 53.3 Å². The van der Waals surface area contributed by atoms with Crippen LogP contribution in [0.15, 0.2) is 54.6 Å². The van der Waals surface area contributed by atoms with Crippen LogP contribution >= 0.6 is 11.3 Å². The second-order valence-electron chi connectivity index (χ2n) is 8.10. The zero-order chi connectivity index (χ0) is 18.0. The van der Waals surface area contributed by atoms with Crippen molar-refractivity contribution in [3.05, 3.63) is 60.2 Å². The molecule has 1 nitrogen and oxygen atoms in total. The quantitative estimate of drug-likeness (QED) is 0.285. The van der Waals surface area contributed by atoms with Gasteiger partial charge < -0.3 is 4.57 Å². The molecule has 134 valence electrons. The van der Waals surface area contributed by atoms with Gasteiger partial charge in [0.25, 0.3) is 0 Å². The average Bonchev–Trinajstić information content (AvgIpc) is 3.22. The molecule has 3 aromatic carbocycles. The van der Waals surface area contributed by atoms with Crippen molar-refractivity contribution in [3.8, 4) is 0 Å². The minimum atomic E-state index is 0.728. The SMILES string of the molecule is Cn1c2cc3c(cc2c2c(C4CCCCC4)cccc21)sc1ccccc13. The molecule has 5 aromatic rings. The number of nitrogens with zero attached hydrogens (tertiary/aromatic N) is 1. The number of benzene rings is 3. The van der Waals surface area contributed by atoms with E-state index >= 15 is 0 Å². The van der Waals surface area contributed by atoms with Crippen LogP contribution in [0.25, 0.3) is 42.0 Å². The Morgan fingerprint density at radius 2 is 1.63 bits per heavy atom. The van der Waals surface area contributed by atoms with E-state index in [9.17, 15) is 0 Å². The zero-order valence-electron chi connectivity index (χ0n) is 15.7. The Kier molecular flexibility index (Phi) is 3.40. The van der Waals surface area contributed by atoms with E-state index in [4.69, 9.17) is 0 Å². The summed E-state index contributed by atoms with van der Waals surface area (Å²) in [7, 11) is 2.23. The Morgan fingerprint density at radius 1 is 0.778 bits per heavy atom. The molecule has 0 amide bonds. The first-order valence-electron chi connectivity index (χ1n) is 10.1. The zero-order valence-corrected chi connectivity index (χ0v) is 16.5. The van der Waals surface area contributed by atoms with Crippen LogP contribution in [0.2, 0.25) is 0 Å². The van der Waals surface area contributed by atoms with Crippen LogP contribution < -0.4 is 0 Å². The van der Waals surface area contributed by atoms with E-state index in [2.05, 4.69) is 66.2 Å². The first-order chi connectivity index (χ1) is 13.3. The molecule has 0 aliphatic heterocycles. The standard InChI is InChI=1S/C25H23NS/c1-26-21-12-7-11-17(16-8-3-2-4-9-16)25(21)20-15-24-19(14-22(20)26)18-10-5-6-13-23(18)27-24/h5-7,10-16H,2-4,8-9H2,1H3. The van der Waals surface area contributed by atoms with Crippen molar-refractivity contribution in [1.82, 2.24) is 4.57 Å². The molecule has 0 atom stereocenters. The fraction of sp³-hybridized carbons (Fsp3) is 0.280. The lowest BCUT2D eigenvalue weighted by Gasteiger charge is -2.23. The summed E-state index contributed by atoms with van der Waals surface area (Å²) in [6.45, 7) is 0. The van der Waals surface area contributed by atoms with Crippen molar-refractivity contribution in [2.75, 3.05) is 0 Å². The van der Waals surface area contributed by atoms with E-state index < -0.39 is 0 Å². The lowest BCUT2D eigenvalue weighted by Crippen LogP contribution is -2.04. The van der Waals surface area contributed by atoms with E-state index in [0.717, 1.165) is 5.92 Å². The highest BCUT2D eigenvalue weighted by Gasteiger charge is 2.21. The summed E-state index contributed by atoms with van der Waals surface area (Å²) in [5, 5.41) is 5.72. The molecule has 0 radical (unpaired) electrons. The molecule has 6 rings (SSSR count). The van der Waals surface area contributed by atoms with Crippen LogP contribution in [0.3, 0.4) is 0 Å². The van der Waals surface area contributed by atoms with Crippen molar-refractivity contribution in [2.45, 2.75) is 38.0 Å². The maximum Gasteiger partial charge on any atom is 0.0496 e. The number of aromatic nitrogens is 1. The number of hydrogen-bond donors (Lipinski definition) is 0. The Morgan fingerprint density at radius 3 is 2.52 bits per heavy atom. The molecule has 0 saturated heterocycles. The number of thiophene rings is 1. The third-order valence-electron chi connectivity index (χ3n) is 6.61. The van der Waals surface area contributed by atoms with Gasteiger partial charge in [0.1, 0.15) is 0 Å². The summed E-state index contributed by atoms with van der Waals surface area (Å²) in [6.07, 6.45) is 6.87. The molecule has 0 N–H and O–H groups in total. The van der Waals surface area contributed by atoms with Gasteiger partial charge in [-0.05, 0) is 48.6 Å². The van der Waals surface area contributed by atoms with Gasteiger partial charge >= 0.3 is 0 Å². The fourth-order valence-electron chi connectivity index (χ4n) is 5.25. The predicted molar refractivity (Wildman–Crippen MR) is 119 cm³/mol. The first-order valence-corrected chi connectivity index (χ1v) is 11.0. The summed E-state index contributed by atoms with van der Waals surface area (Å²) < 4.78 is 5.21. The van der Waals surface area contributed by atoms with Crippen LogP contribution in [0.1, 0.15) is 43.6 Å². The van der Waals surface area contributed by atoms with Gasteiger partial charge in [-0.25, -0.2) is 0 Å². The van der Waals surface area contributed by atoms with Crippen LogP contribution in [0.5, 0.6) is 0 Å². The van der Waals surface area contributed by atoms with Gasteiger partial charge in [-0.15, -0.1) is 11.3 Å². The smallest absolute Gasteiger partial charge is 0.0496 e.